The second kappa shape index (κ2) is 10.7. The summed E-state index contributed by atoms with van der Waals surface area (Å²) in [4.78, 5) is 34.2. The molecule has 1 heterocycles. The zero-order valence-corrected chi connectivity index (χ0v) is 20.1. The van der Waals surface area contributed by atoms with Gasteiger partial charge in [-0.2, -0.15) is 0 Å². The minimum absolute atomic E-state index is 0.0488. The number of carbonyl (C=O) groups excluding carboxylic acids is 2. The van der Waals surface area contributed by atoms with Crippen LogP contribution in [0.2, 0.25) is 0 Å². The quantitative estimate of drug-likeness (QED) is 0.322. The van der Waals surface area contributed by atoms with Crippen molar-refractivity contribution in [3.8, 4) is 5.75 Å². The monoisotopic (exact) mass is 491 g/mol. The highest BCUT2D eigenvalue weighted by Gasteiger charge is 2.31. The fourth-order valence-electron chi connectivity index (χ4n) is 4.05. The van der Waals surface area contributed by atoms with Gasteiger partial charge in [-0.3, -0.25) is 30.3 Å². The number of carbonyl (C=O) groups is 2. The molecule has 2 N–H and O–H groups in total. The lowest BCUT2D eigenvalue weighted by atomic mass is 9.94. The molecule has 3 atom stereocenters. The number of nitrogens with zero attached hydrogens (tertiary/aromatic N) is 1. The van der Waals surface area contributed by atoms with Crippen molar-refractivity contribution in [2.45, 2.75) is 30.7 Å². The number of methoxy groups -OCH3 is 1. The normalized spacial score (nSPS) is 17.0. The number of hydrogen-bond donors (Lipinski definition) is 2. The Morgan fingerprint density at radius 2 is 1.71 bits per heavy atom. The molecule has 0 spiro atoms. The summed E-state index contributed by atoms with van der Waals surface area (Å²) in [6.07, 6.45) is 0.448. The van der Waals surface area contributed by atoms with E-state index in [0.717, 1.165) is 39.8 Å². The number of rotatable bonds is 9. The van der Waals surface area contributed by atoms with Crippen LogP contribution in [0.5, 0.6) is 5.75 Å². The van der Waals surface area contributed by atoms with Crippen molar-refractivity contribution in [3.63, 3.8) is 0 Å². The fourth-order valence-corrected chi connectivity index (χ4v) is 4.91. The summed E-state index contributed by atoms with van der Waals surface area (Å²) in [5.74, 6) is 0.487. The Morgan fingerprint density at radius 1 is 1.03 bits per heavy atom. The Morgan fingerprint density at radius 3 is 2.31 bits per heavy atom. The summed E-state index contributed by atoms with van der Waals surface area (Å²) in [5, 5.41) is 16.2. The summed E-state index contributed by atoms with van der Waals surface area (Å²) >= 11 is 1.02. The molecule has 0 radical (unpaired) electrons. The van der Waals surface area contributed by atoms with Gasteiger partial charge in [-0.1, -0.05) is 60.3 Å². The van der Waals surface area contributed by atoms with E-state index >= 15 is 0 Å². The van der Waals surface area contributed by atoms with E-state index in [-0.39, 0.29) is 28.9 Å². The molecule has 1 aliphatic heterocycles. The lowest BCUT2D eigenvalue weighted by molar-refractivity contribution is -0.384. The third-order valence-electron chi connectivity index (χ3n) is 5.94. The zero-order valence-electron chi connectivity index (χ0n) is 19.3. The van der Waals surface area contributed by atoms with E-state index in [1.807, 2.05) is 55.5 Å². The summed E-state index contributed by atoms with van der Waals surface area (Å²) in [6, 6.07) is 21.9. The van der Waals surface area contributed by atoms with Gasteiger partial charge in [0.25, 0.3) is 10.9 Å². The van der Waals surface area contributed by atoms with E-state index in [9.17, 15) is 19.7 Å². The number of nitrogens with one attached hydrogen (secondary N) is 2. The van der Waals surface area contributed by atoms with E-state index < -0.39 is 10.2 Å². The Hall–Kier alpha value is -3.69. The Bertz CT molecular complexity index is 1230. The summed E-state index contributed by atoms with van der Waals surface area (Å²) < 4.78 is 5.30. The van der Waals surface area contributed by atoms with Gasteiger partial charge in [0.15, 0.2) is 0 Å². The Balaban J connectivity index is 1.62. The fraction of sp³-hybridized carbons (Fsp3) is 0.231. The molecule has 1 saturated heterocycles. The van der Waals surface area contributed by atoms with Gasteiger partial charge in [0, 0.05) is 18.2 Å². The maximum Gasteiger partial charge on any atom is 0.286 e. The van der Waals surface area contributed by atoms with Gasteiger partial charge in [-0.15, -0.1) is 0 Å². The molecule has 0 bridgehead atoms. The van der Waals surface area contributed by atoms with Gasteiger partial charge in [-0.05, 0) is 47.7 Å². The average Bonchev–Trinajstić information content (AvgIpc) is 3.18. The van der Waals surface area contributed by atoms with E-state index in [1.165, 1.54) is 12.1 Å². The van der Waals surface area contributed by atoms with Gasteiger partial charge in [0.2, 0.25) is 5.91 Å². The van der Waals surface area contributed by atoms with Crippen molar-refractivity contribution < 1.29 is 19.2 Å². The first-order valence-electron chi connectivity index (χ1n) is 11.1. The van der Waals surface area contributed by atoms with Crippen molar-refractivity contribution in [2.24, 2.45) is 0 Å². The standard InChI is InChI=1S/C26H25N3O5S/c1-16(18-6-10-21(11-7-18)29(32)33)27-24(19-8-12-22(34-2)13-9-19)20-5-3-4-17(14-20)15-23-25(30)28-26(31)35-23/h3-14,16,23-24,27H,15H2,1-2H3,(H,28,30,31)/t16-,23?,24?/m1/s1. The molecule has 3 aromatic rings. The van der Waals surface area contributed by atoms with Crippen molar-refractivity contribution >= 4 is 28.6 Å². The second-order valence-corrected chi connectivity index (χ2v) is 9.45. The van der Waals surface area contributed by atoms with Crippen LogP contribution >= 0.6 is 11.8 Å². The maximum absolute atomic E-state index is 12.0. The first kappa shape index (κ1) is 24.4. The number of imide groups is 1. The summed E-state index contributed by atoms with van der Waals surface area (Å²) in [5.41, 5.74) is 3.93. The van der Waals surface area contributed by atoms with Gasteiger partial charge in [0.05, 0.1) is 23.3 Å². The third kappa shape index (κ3) is 5.87. The highest BCUT2D eigenvalue weighted by atomic mass is 32.2. The number of non-ortho nitro benzene ring substituents is 1. The lowest BCUT2D eigenvalue weighted by Gasteiger charge is -2.25. The number of nitro benzene ring substituents is 1. The van der Waals surface area contributed by atoms with Crippen molar-refractivity contribution in [1.82, 2.24) is 10.6 Å². The molecule has 2 amide bonds. The van der Waals surface area contributed by atoms with Crippen molar-refractivity contribution in [3.05, 3.63) is 105 Å². The molecular weight excluding hydrogens is 466 g/mol. The number of amides is 2. The maximum atomic E-state index is 12.0. The summed E-state index contributed by atoms with van der Waals surface area (Å²) in [7, 11) is 1.62. The smallest absolute Gasteiger partial charge is 0.286 e. The van der Waals surface area contributed by atoms with Gasteiger partial charge in [-0.25, -0.2) is 0 Å². The number of hydrogen-bond acceptors (Lipinski definition) is 7. The zero-order chi connectivity index (χ0) is 24.9. The molecule has 0 saturated carbocycles. The van der Waals surface area contributed by atoms with Crippen LogP contribution in [0.1, 0.15) is 41.3 Å². The molecule has 3 aromatic carbocycles. The molecule has 2 unspecified atom stereocenters. The number of benzene rings is 3. The van der Waals surface area contributed by atoms with Gasteiger partial charge >= 0.3 is 0 Å². The molecular formula is C26H25N3O5S. The van der Waals surface area contributed by atoms with E-state index in [1.54, 1.807) is 19.2 Å². The van der Waals surface area contributed by atoms with Crippen LogP contribution in [-0.4, -0.2) is 28.4 Å². The molecule has 35 heavy (non-hydrogen) atoms. The molecule has 1 aliphatic rings. The number of thioether (sulfide) groups is 1. The predicted molar refractivity (Wildman–Crippen MR) is 135 cm³/mol. The van der Waals surface area contributed by atoms with Crippen LogP contribution in [0.25, 0.3) is 0 Å². The molecule has 0 aromatic heterocycles. The Kier molecular flexibility index (Phi) is 7.48. The van der Waals surface area contributed by atoms with E-state index in [2.05, 4.69) is 10.6 Å². The lowest BCUT2D eigenvalue weighted by Crippen LogP contribution is -2.26. The Labute approximate surface area is 207 Å². The molecule has 1 fully saturated rings. The SMILES string of the molecule is COc1ccc(C(N[C@H](C)c2ccc([N+](=O)[O-])cc2)c2cccc(CC3SC(=O)NC3=O)c2)cc1. The van der Waals surface area contributed by atoms with Crippen LogP contribution in [0, 0.1) is 10.1 Å². The minimum Gasteiger partial charge on any atom is -0.497 e. The minimum atomic E-state index is -0.441. The topological polar surface area (TPSA) is 111 Å². The predicted octanol–water partition coefficient (Wildman–Crippen LogP) is 4.94. The van der Waals surface area contributed by atoms with E-state index in [4.69, 9.17) is 4.74 Å². The largest absolute Gasteiger partial charge is 0.497 e. The van der Waals surface area contributed by atoms with Crippen LogP contribution < -0.4 is 15.4 Å². The van der Waals surface area contributed by atoms with E-state index in [0.29, 0.717) is 6.42 Å². The number of ether oxygens (including phenoxy) is 1. The van der Waals surface area contributed by atoms with Crippen LogP contribution in [0.3, 0.4) is 0 Å². The van der Waals surface area contributed by atoms with Crippen LogP contribution in [0.4, 0.5) is 10.5 Å². The third-order valence-corrected chi connectivity index (χ3v) is 6.92. The number of nitro groups is 1. The van der Waals surface area contributed by atoms with Crippen molar-refractivity contribution in [2.75, 3.05) is 7.11 Å². The van der Waals surface area contributed by atoms with Crippen LogP contribution in [-0.2, 0) is 11.2 Å². The average molecular weight is 492 g/mol. The molecule has 4 rings (SSSR count). The molecule has 8 nitrogen and oxygen atoms in total. The highest BCUT2D eigenvalue weighted by Crippen LogP contribution is 2.30. The molecule has 9 heteroatoms. The first-order valence-corrected chi connectivity index (χ1v) is 12.0. The van der Waals surface area contributed by atoms with Gasteiger partial charge in [0.1, 0.15) is 5.75 Å². The highest BCUT2D eigenvalue weighted by molar-refractivity contribution is 8.15. The molecule has 180 valence electrons. The van der Waals surface area contributed by atoms with Gasteiger partial charge < -0.3 is 4.74 Å². The second-order valence-electron chi connectivity index (χ2n) is 8.28. The molecule has 0 aliphatic carbocycles. The first-order chi connectivity index (χ1) is 16.8. The summed E-state index contributed by atoms with van der Waals surface area (Å²) in [6.45, 7) is 2.01. The van der Waals surface area contributed by atoms with Crippen LogP contribution in [0.15, 0.2) is 72.8 Å². The van der Waals surface area contributed by atoms with Crippen molar-refractivity contribution in [1.29, 1.82) is 0 Å².